The van der Waals surface area contributed by atoms with Crippen molar-refractivity contribution in [3.05, 3.63) is 22.5 Å². The van der Waals surface area contributed by atoms with Crippen molar-refractivity contribution in [3.8, 4) is 0 Å². The smallest absolute Gasteiger partial charge is 0.677 e. The van der Waals surface area contributed by atoms with Crippen LogP contribution >= 0.6 is 0 Å². The van der Waals surface area contributed by atoms with Gasteiger partial charge in [0.2, 0.25) is 0 Å². The zero-order chi connectivity index (χ0) is 14.4. The Morgan fingerprint density at radius 3 is 0.778 bits per heavy atom. The van der Waals surface area contributed by atoms with E-state index in [0.717, 1.165) is 32.4 Å². The molecule has 5 heteroatoms. The van der Waals surface area contributed by atoms with Crippen LogP contribution in [0.3, 0.4) is 0 Å². The van der Waals surface area contributed by atoms with E-state index in [-0.39, 0.29) is 25.8 Å². The zero-order valence-corrected chi connectivity index (χ0v) is 16.7. The second-order valence-corrected chi connectivity index (χ2v) is 3.11. The minimum Gasteiger partial charge on any atom is -0.677 e. The average Bonchev–Trinajstić information content (AvgIpc) is 2.40. The molecule has 18 heavy (non-hydrogen) atoms. The van der Waals surface area contributed by atoms with Gasteiger partial charge in [-0.1, -0.05) is 53.9 Å². The Balaban J connectivity index is -0.0000000412. The minimum atomic E-state index is 0. The molecule has 0 aromatic heterocycles. The summed E-state index contributed by atoms with van der Waals surface area (Å²) in [6, 6.07) is 0. The van der Waals surface area contributed by atoms with Crippen molar-refractivity contribution in [2.75, 3.05) is 32.7 Å². The van der Waals surface area contributed by atoms with Crippen LogP contribution in [0.1, 0.15) is 53.9 Å². The van der Waals surface area contributed by atoms with E-state index in [2.05, 4.69) is 5.32 Å². The molecule has 0 saturated carbocycles. The second-order valence-electron chi connectivity index (χ2n) is 3.11. The van der Waals surface area contributed by atoms with Gasteiger partial charge in [0.05, 0.1) is 0 Å². The number of nitrogens with one attached hydrogen (secondary N) is 3. The minimum absolute atomic E-state index is 0. The van der Waals surface area contributed by atoms with E-state index in [1.807, 2.05) is 34.6 Å². The van der Waals surface area contributed by atoms with Gasteiger partial charge in [-0.3, -0.25) is 0 Å². The molecule has 0 bridgehead atoms. The van der Waals surface area contributed by atoms with Crippen molar-refractivity contribution < 1.29 is 25.8 Å². The van der Waals surface area contributed by atoms with Crippen LogP contribution in [0.4, 0.5) is 0 Å². The molecule has 0 aliphatic heterocycles. The van der Waals surface area contributed by atoms with Crippen molar-refractivity contribution in [2.24, 2.45) is 0 Å². The molecule has 0 radical (unpaired) electrons. The predicted molar refractivity (Wildman–Crippen MR) is 82.9 cm³/mol. The fourth-order valence-electron chi connectivity index (χ4n) is 0.224. The Morgan fingerprint density at radius 2 is 0.778 bits per heavy atom. The van der Waals surface area contributed by atoms with Crippen LogP contribution in [-0.4, -0.2) is 32.7 Å². The largest absolute Gasteiger partial charge is 4.00 e. The molecular formula is C13H34HfN4. The summed E-state index contributed by atoms with van der Waals surface area (Å²) < 4.78 is 0. The van der Waals surface area contributed by atoms with Crippen molar-refractivity contribution in [3.63, 3.8) is 0 Å². The van der Waals surface area contributed by atoms with Crippen molar-refractivity contribution in [1.82, 2.24) is 0 Å². The van der Waals surface area contributed by atoms with Crippen LogP contribution in [0.15, 0.2) is 0 Å². The summed E-state index contributed by atoms with van der Waals surface area (Å²) in [5, 5.41) is 3.97. The first-order valence-electron chi connectivity index (χ1n) is 6.73. The van der Waals surface area contributed by atoms with Gasteiger partial charge in [0.1, 0.15) is 0 Å². The van der Waals surface area contributed by atoms with Gasteiger partial charge in [-0.15, -0.1) is 0 Å². The number of hydrogen-bond donors (Lipinski definition) is 0. The molecule has 3 N–H and O–H groups in total. The van der Waals surface area contributed by atoms with E-state index in [4.69, 9.17) is 17.2 Å². The number of nitrogens with zero attached hydrogens (tertiary/aromatic N) is 1. The Hall–Kier alpha value is 0.710. The van der Waals surface area contributed by atoms with Gasteiger partial charge in [0.15, 0.2) is 0 Å². The standard InChI is InChI=1S/C4H10N.3C3H8N.Hf/c1-3-5-4-2;3*1-2-3-4;/h3-4H2,1-2H3;3*4H,2-3H2,1H3;/q4*-1;+4. The third-order valence-electron chi connectivity index (χ3n) is 1.20. The molecular weight excluding hydrogens is 391 g/mol. The molecule has 0 atom stereocenters. The van der Waals surface area contributed by atoms with E-state index in [1.165, 1.54) is 0 Å². The van der Waals surface area contributed by atoms with Crippen LogP contribution in [0.25, 0.3) is 22.5 Å². The quantitative estimate of drug-likeness (QED) is 0.503. The number of rotatable bonds is 5. The Labute approximate surface area is 135 Å². The van der Waals surface area contributed by atoms with E-state index in [9.17, 15) is 0 Å². The van der Waals surface area contributed by atoms with Gasteiger partial charge in [-0.05, 0) is 0 Å². The van der Waals surface area contributed by atoms with Crippen molar-refractivity contribution in [2.45, 2.75) is 53.9 Å². The fraction of sp³-hybridized carbons (Fsp3) is 1.00. The maximum absolute atomic E-state index is 6.45. The van der Waals surface area contributed by atoms with Crippen LogP contribution in [0.2, 0.25) is 0 Å². The molecule has 0 spiro atoms. The molecule has 0 amide bonds. The molecule has 0 aliphatic carbocycles. The Morgan fingerprint density at radius 1 is 0.611 bits per heavy atom. The second kappa shape index (κ2) is 52.4. The molecule has 0 aliphatic rings. The average molecular weight is 425 g/mol. The summed E-state index contributed by atoms with van der Waals surface area (Å²) in [4.78, 5) is 0. The summed E-state index contributed by atoms with van der Waals surface area (Å²) >= 11 is 0. The SMILES string of the molecule is CCC[NH-].CCC[NH-].CCC[NH-].CC[N-]CC.[Hf+4]. The van der Waals surface area contributed by atoms with Crippen LogP contribution < -0.4 is 0 Å². The molecule has 0 aromatic carbocycles. The van der Waals surface area contributed by atoms with E-state index < -0.39 is 0 Å². The Kier molecular flexibility index (Phi) is 91.0. The van der Waals surface area contributed by atoms with Crippen LogP contribution in [0, 0.1) is 0 Å². The summed E-state index contributed by atoms with van der Waals surface area (Å²) in [7, 11) is 0. The molecule has 0 saturated heterocycles. The normalized spacial score (nSPS) is 7.33. The third-order valence-corrected chi connectivity index (χ3v) is 1.20. The summed E-state index contributed by atoms with van der Waals surface area (Å²) in [6.07, 6.45) is 2.96. The predicted octanol–water partition coefficient (Wildman–Crippen LogP) is 5.74. The van der Waals surface area contributed by atoms with Gasteiger partial charge in [-0.25, -0.2) is 0 Å². The van der Waals surface area contributed by atoms with E-state index in [0.29, 0.717) is 19.6 Å². The summed E-state index contributed by atoms with van der Waals surface area (Å²) in [5.41, 5.74) is 19.4. The maximum Gasteiger partial charge on any atom is 4.00 e. The molecule has 0 heterocycles. The summed E-state index contributed by atoms with van der Waals surface area (Å²) in [6.45, 7) is 13.7. The van der Waals surface area contributed by atoms with Crippen LogP contribution in [-0.2, 0) is 25.8 Å². The first-order valence-corrected chi connectivity index (χ1v) is 6.73. The fourth-order valence-corrected chi connectivity index (χ4v) is 0.224. The number of hydrogen-bond acceptors (Lipinski definition) is 0. The van der Waals surface area contributed by atoms with Gasteiger partial charge in [0.25, 0.3) is 0 Å². The van der Waals surface area contributed by atoms with Crippen molar-refractivity contribution >= 4 is 0 Å². The molecule has 0 aromatic rings. The summed E-state index contributed by atoms with van der Waals surface area (Å²) in [5.74, 6) is 0. The first kappa shape index (κ1) is 31.2. The van der Waals surface area contributed by atoms with Gasteiger partial charge in [0, 0.05) is 0 Å². The van der Waals surface area contributed by atoms with Crippen molar-refractivity contribution in [1.29, 1.82) is 0 Å². The van der Waals surface area contributed by atoms with Gasteiger partial charge in [-0.2, -0.15) is 32.7 Å². The molecule has 0 rings (SSSR count). The van der Waals surface area contributed by atoms with Gasteiger partial charge >= 0.3 is 25.8 Å². The van der Waals surface area contributed by atoms with Gasteiger partial charge < -0.3 is 22.5 Å². The third kappa shape index (κ3) is 126. The maximum atomic E-state index is 6.45. The zero-order valence-electron chi connectivity index (χ0n) is 13.1. The van der Waals surface area contributed by atoms with Crippen LogP contribution in [0.5, 0.6) is 0 Å². The first-order chi connectivity index (χ1) is 8.16. The topological polar surface area (TPSA) is 85.5 Å². The molecule has 0 unspecified atom stereocenters. The van der Waals surface area contributed by atoms with E-state index >= 15 is 0 Å². The molecule has 110 valence electrons. The monoisotopic (exact) mass is 426 g/mol. The molecule has 0 fully saturated rings. The Bertz CT molecular complexity index is 58.5. The molecule has 4 nitrogen and oxygen atoms in total. The van der Waals surface area contributed by atoms with E-state index in [1.54, 1.807) is 0 Å².